The molecule has 0 radical (unpaired) electrons. The van der Waals surface area contributed by atoms with Crippen LogP contribution < -0.4 is 16.4 Å². The highest BCUT2D eigenvalue weighted by Crippen LogP contribution is 2.32. The lowest BCUT2D eigenvalue weighted by Gasteiger charge is -2.31. The van der Waals surface area contributed by atoms with Gasteiger partial charge in [-0.05, 0) is 31.0 Å². The van der Waals surface area contributed by atoms with E-state index in [1.165, 1.54) is 11.8 Å². The van der Waals surface area contributed by atoms with Gasteiger partial charge in [-0.3, -0.25) is 19.3 Å². The maximum Gasteiger partial charge on any atom is 0.251 e. The molecule has 8 heteroatoms. The molecule has 0 spiro atoms. The fourth-order valence-electron chi connectivity index (χ4n) is 2.95. The maximum absolute atomic E-state index is 12.4. The zero-order chi connectivity index (χ0) is 17.1. The predicted molar refractivity (Wildman–Crippen MR) is 91.9 cm³/mol. The lowest BCUT2D eigenvalue weighted by molar-refractivity contribution is -0.119. The Morgan fingerprint density at radius 2 is 2.08 bits per heavy atom. The predicted octanol–water partition coefficient (Wildman–Crippen LogP) is 0.410. The Hall–Kier alpha value is -2.06. The molecule has 0 aromatic heterocycles. The van der Waals surface area contributed by atoms with Crippen LogP contribution in [0.5, 0.6) is 0 Å². The first-order valence-corrected chi connectivity index (χ1v) is 8.88. The third kappa shape index (κ3) is 4.07. The highest BCUT2D eigenvalue weighted by atomic mass is 32.2. The number of nitrogens with two attached hydrogens (primary N) is 1. The van der Waals surface area contributed by atoms with Gasteiger partial charge >= 0.3 is 0 Å². The van der Waals surface area contributed by atoms with Crippen molar-refractivity contribution in [1.82, 2.24) is 10.2 Å². The molecule has 0 unspecified atom stereocenters. The lowest BCUT2D eigenvalue weighted by atomic mass is 10.0. The highest BCUT2D eigenvalue weighted by Gasteiger charge is 2.23. The van der Waals surface area contributed by atoms with Crippen LogP contribution in [-0.2, 0) is 9.59 Å². The van der Waals surface area contributed by atoms with Crippen LogP contribution in [0.1, 0.15) is 23.2 Å². The van der Waals surface area contributed by atoms with Crippen molar-refractivity contribution in [2.45, 2.75) is 23.8 Å². The van der Waals surface area contributed by atoms with Crippen LogP contribution >= 0.6 is 11.8 Å². The standard InChI is InChI=1S/C16H20N4O3S/c17-14(21)8-20-5-3-11(4-6-20)18-16(23)10-1-2-13-12(7-10)19-15(22)9-24-13/h1-2,7,11H,3-6,8-9H2,(H2,17,21)(H,18,23)(H,19,22). The van der Waals surface area contributed by atoms with Crippen molar-refractivity contribution in [2.24, 2.45) is 5.73 Å². The van der Waals surface area contributed by atoms with Gasteiger partial charge in [0.25, 0.3) is 5.91 Å². The monoisotopic (exact) mass is 348 g/mol. The molecular weight excluding hydrogens is 328 g/mol. The summed E-state index contributed by atoms with van der Waals surface area (Å²) >= 11 is 1.47. The van der Waals surface area contributed by atoms with E-state index in [2.05, 4.69) is 10.6 Å². The Morgan fingerprint density at radius 1 is 1.33 bits per heavy atom. The molecule has 1 aromatic carbocycles. The zero-order valence-corrected chi connectivity index (χ0v) is 14.0. The van der Waals surface area contributed by atoms with E-state index >= 15 is 0 Å². The summed E-state index contributed by atoms with van der Waals surface area (Å²) in [5.74, 6) is -0.114. The average molecular weight is 348 g/mol. The number of carbonyl (C=O) groups is 3. The number of benzene rings is 1. The van der Waals surface area contributed by atoms with Gasteiger partial charge in [0.2, 0.25) is 11.8 Å². The smallest absolute Gasteiger partial charge is 0.251 e. The summed E-state index contributed by atoms with van der Waals surface area (Å²) in [4.78, 5) is 37.8. The van der Waals surface area contributed by atoms with E-state index in [0.29, 0.717) is 17.0 Å². The molecule has 3 rings (SSSR count). The first-order valence-electron chi connectivity index (χ1n) is 7.89. The molecule has 1 saturated heterocycles. The number of anilines is 1. The number of fused-ring (bicyclic) bond motifs is 1. The molecule has 0 saturated carbocycles. The van der Waals surface area contributed by atoms with Crippen molar-refractivity contribution in [1.29, 1.82) is 0 Å². The van der Waals surface area contributed by atoms with Gasteiger partial charge < -0.3 is 16.4 Å². The summed E-state index contributed by atoms with van der Waals surface area (Å²) in [6.45, 7) is 1.75. The molecule has 2 heterocycles. The van der Waals surface area contributed by atoms with Crippen molar-refractivity contribution in [3.63, 3.8) is 0 Å². The van der Waals surface area contributed by atoms with Gasteiger partial charge in [-0.1, -0.05) is 0 Å². The minimum atomic E-state index is -0.327. The summed E-state index contributed by atoms with van der Waals surface area (Å²) in [7, 11) is 0. The quantitative estimate of drug-likeness (QED) is 0.731. The number of nitrogens with zero attached hydrogens (tertiary/aromatic N) is 1. The number of thioether (sulfide) groups is 1. The second-order valence-corrected chi connectivity index (χ2v) is 7.06. The molecule has 0 aliphatic carbocycles. The molecule has 0 atom stereocenters. The minimum Gasteiger partial charge on any atom is -0.369 e. The number of primary amides is 1. The largest absolute Gasteiger partial charge is 0.369 e. The fourth-order valence-corrected chi connectivity index (χ4v) is 3.74. The van der Waals surface area contributed by atoms with E-state index in [1.54, 1.807) is 12.1 Å². The van der Waals surface area contributed by atoms with Crippen LogP contribution in [0.2, 0.25) is 0 Å². The van der Waals surface area contributed by atoms with Gasteiger partial charge in [0.1, 0.15) is 0 Å². The van der Waals surface area contributed by atoms with Crippen LogP contribution in [0.4, 0.5) is 5.69 Å². The van der Waals surface area contributed by atoms with Gasteiger partial charge in [0, 0.05) is 29.6 Å². The molecule has 0 bridgehead atoms. The van der Waals surface area contributed by atoms with Crippen LogP contribution in [0.15, 0.2) is 23.1 Å². The molecule has 2 aliphatic rings. The molecule has 4 N–H and O–H groups in total. The third-order valence-corrected chi connectivity index (χ3v) is 5.25. The van der Waals surface area contributed by atoms with Crippen molar-refractivity contribution in [3.05, 3.63) is 23.8 Å². The minimum absolute atomic E-state index is 0.0492. The van der Waals surface area contributed by atoms with E-state index in [4.69, 9.17) is 5.73 Å². The van der Waals surface area contributed by atoms with Crippen LogP contribution in [0, 0.1) is 0 Å². The molecule has 7 nitrogen and oxygen atoms in total. The van der Waals surface area contributed by atoms with Gasteiger partial charge in [0.15, 0.2) is 0 Å². The average Bonchev–Trinajstić information content (AvgIpc) is 2.55. The van der Waals surface area contributed by atoms with E-state index in [0.717, 1.165) is 30.8 Å². The molecule has 128 valence electrons. The maximum atomic E-state index is 12.4. The summed E-state index contributed by atoms with van der Waals surface area (Å²) in [5.41, 5.74) is 6.43. The SMILES string of the molecule is NC(=O)CN1CCC(NC(=O)c2ccc3c(c2)NC(=O)CS3)CC1. The van der Waals surface area contributed by atoms with Crippen LogP contribution in [-0.4, -0.2) is 54.1 Å². The first-order chi connectivity index (χ1) is 11.5. The van der Waals surface area contributed by atoms with E-state index < -0.39 is 0 Å². The highest BCUT2D eigenvalue weighted by molar-refractivity contribution is 8.00. The second-order valence-electron chi connectivity index (χ2n) is 6.04. The van der Waals surface area contributed by atoms with Crippen molar-refractivity contribution < 1.29 is 14.4 Å². The van der Waals surface area contributed by atoms with Crippen molar-refractivity contribution in [2.75, 3.05) is 30.7 Å². The van der Waals surface area contributed by atoms with E-state index in [1.807, 2.05) is 11.0 Å². The van der Waals surface area contributed by atoms with Gasteiger partial charge in [-0.15, -0.1) is 11.8 Å². The normalized spacial score (nSPS) is 18.6. The Kier molecular flexibility index (Phi) is 5.06. The summed E-state index contributed by atoms with van der Waals surface area (Å²) in [6, 6.07) is 5.45. The molecule has 3 amide bonds. The number of piperidine rings is 1. The van der Waals surface area contributed by atoms with Crippen molar-refractivity contribution >= 4 is 35.2 Å². The summed E-state index contributed by atoms with van der Waals surface area (Å²) < 4.78 is 0. The zero-order valence-electron chi connectivity index (χ0n) is 13.2. The summed E-state index contributed by atoms with van der Waals surface area (Å²) in [5, 5.41) is 5.82. The van der Waals surface area contributed by atoms with E-state index in [9.17, 15) is 14.4 Å². The first kappa shape index (κ1) is 16.8. The molecular formula is C16H20N4O3S. The Labute approximate surface area is 144 Å². The number of rotatable bonds is 4. The number of amides is 3. The molecule has 24 heavy (non-hydrogen) atoms. The van der Waals surface area contributed by atoms with Crippen LogP contribution in [0.3, 0.4) is 0 Å². The third-order valence-electron chi connectivity index (χ3n) is 4.18. The van der Waals surface area contributed by atoms with Gasteiger partial charge in [0.05, 0.1) is 18.0 Å². The molecule has 1 aromatic rings. The van der Waals surface area contributed by atoms with Gasteiger partial charge in [-0.25, -0.2) is 0 Å². The van der Waals surface area contributed by atoms with Crippen LogP contribution in [0.25, 0.3) is 0 Å². The number of carbonyl (C=O) groups excluding carboxylic acids is 3. The van der Waals surface area contributed by atoms with Gasteiger partial charge in [-0.2, -0.15) is 0 Å². The summed E-state index contributed by atoms with van der Waals surface area (Å²) in [6.07, 6.45) is 1.58. The number of hydrogen-bond donors (Lipinski definition) is 3. The molecule has 1 fully saturated rings. The number of likely N-dealkylation sites (tertiary alicyclic amines) is 1. The Bertz CT molecular complexity index is 671. The number of hydrogen-bond acceptors (Lipinski definition) is 5. The Balaban J connectivity index is 1.57. The Morgan fingerprint density at radius 3 is 2.79 bits per heavy atom. The van der Waals surface area contributed by atoms with E-state index in [-0.39, 0.29) is 30.3 Å². The fraction of sp³-hybridized carbons (Fsp3) is 0.438. The van der Waals surface area contributed by atoms with Crippen molar-refractivity contribution in [3.8, 4) is 0 Å². The lowest BCUT2D eigenvalue weighted by Crippen LogP contribution is -2.46. The molecule has 2 aliphatic heterocycles. The topological polar surface area (TPSA) is 105 Å². The second kappa shape index (κ2) is 7.23. The number of nitrogens with one attached hydrogen (secondary N) is 2.